The van der Waals surface area contributed by atoms with Crippen LogP contribution in [-0.4, -0.2) is 77.5 Å². The van der Waals surface area contributed by atoms with E-state index < -0.39 is 29.6 Å². The van der Waals surface area contributed by atoms with Gasteiger partial charge in [-0.15, -0.1) is 0 Å². The zero-order valence-corrected chi connectivity index (χ0v) is 26.6. The first-order valence-corrected chi connectivity index (χ1v) is 16.7. The van der Waals surface area contributed by atoms with E-state index in [-0.39, 0.29) is 23.8 Å². The molecule has 1 spiro atoms. The van der Waals surface area contributed by atoms with Crippen molar-refractivity contribution in [1.82, 2.24) is 15.1 Å². The summed E-state index contributed by atoms with van der Waals surface area (Å²) in [5.74, 6) is -0.241. The third kappa shape index (κ3) is 5.54. The highest BCUT2D eigenvalue weighted by Crippen LogP contribution is 2.55. The second-order valence-corrected chi connectivity index (χ2v) is 14.3. The van der Waals surface area contributed by atoms with Gasteiger partial charge in [-0.2, -0.15) is 0 Å². The van der Waals surface area contributed by atoms with Gasteiger partial charge >= 0.3 is 0 Å². The maximum Gasteiger partial charge on any atom is 0.246 e. The summed E-state index contributed by atoms with van der Waals surface area (Å²) in [6.07, 6.45) is 9.70. The van der Waals surface area contributed by atoms with Crippen LogP contribution in [0.25, 0.3) is 0 Å². The van der Waals surface area contributed by atoms with Crippen molar-refractivity contribution in [3.63, 3.8) is 0 Å². The van der Waals surface area contributed by atoms with Gasteiger partial charge in [-0.05, 0) is 100 Å². The molecule has 2 bridgehead atoms. The normalized spacial score (nSPS) is 35.8. The number of benzene rings is 1. The molecule has 5 aliphatic rings. The molecule has 1 aromatic rings. The van der Waals surface area contributed by atoms with Gasteiger partial charge in [-0.25, -0.2) is 0 Å². The lowest BCUT2D eigenvalue weighted by Gasteiger charge is -2.38. The molecule has 2 N–H and O–H groups in total. The lowest BCUT2D eigenvalue weighted by atomic mass is 9.73. The molecule has 4 heterocycles. The van der Waals surface area contributed by atoms with E-state index in [1.165, 1.54) is 19.3 Å². The summed E-state index contributed by atoms with van der Waals surface area (Å²) in [5, 5.41) is 6.42. The van der Waals surface area contributed by atoms with Gasteiger partial charge in [0.05, 0.1) is 17.9 Å². The molecule has 3 amide bonds. The molecule has 234 valence electrons. The van der Waals surface area contributed by atoms with Crippen LogP contribution >= 0.6 is 0 Å². The van der Waals surface area contributed by atoms with Crippen molar-refractivity contribution >= 4 is 23.4 Å². The van der Waals surface area contributed by atoms with Gasteiger partial charge in [-0.3, -0.25) is 14.4 Å². The van der Waals surface area contributed by atoms with Gasteiger partial charge < -0.3 is 25.2 Å². The quantitative estimate of drug-likeness (QED) is 0.437. The summed E-state index contributed by atoms with van der Waals surface area (Å²) < 4.78 is 6.57. The average molecular weight is 591 g/mol. The number of piperidine rings is 1. The Bertz CT molecular complexity index is 1270. The fourth-order valence-electron chi connectivity index (χ4n) is 8.35. The largest absolute Gasteiger partial charge is 0.359 e. The molecule has 43 heavy (non-hydrogen) atoms. The molecule has 3 saturated heterocycles. The lowest BCUT2D eigenvalue weighted by molar-refractivity contribution is -0.141. The first-order valence-electron chi connectivity index (χ1n) is 16.7. The van der Waals surface area contributed by atoms with E-state index in [9.17, 15) is 14.4 Å². The Morgan fingerprint density at radius 3 is 2.51 bits per heavy atom. The van der Waals surface area contributed by atoms with Crippen molar-refractivity contribution in [2.75, 3.05) is 31.5 Å². The predicted octanol–water partition coefficient (Wildman–Crippen LogP) is 4.46. The van der Waals surface area contributed by atoms with Crippen LogP contribution < -0.4 is 10.6 Å². The monoisotopic (exact) mass is 590 g/mol. The Morgan fingerprint density at radius 2 is 1.77 bits per heavy atom. The van der Waals surface area contributed by atoms with E-state index in [2.05, 4.69) is 36.3 Å². The first kappa shape index (κ1) is 30.3. The number of nitrogens with one attached hydrogen (secondary N) is 2. The van der Waals surface area contributed by atoms with Crippen molar-refractivity contribution in [2.24, 2.45) is 29.6 Å². The number of fused-ring (bicyclic) bond motifs is 1. The molecule has 1 aliphatic carbocycles. The Balaban J connectivity index is 1.24. The number of nitrogens with zero attached hydrogens (tertiary/aromatic N) is 2. The molecule has 1 aromatic carbocycles. The fourth-order valence-corrected chi connectivity index (χ4v) is 8.35. The summed E-state index contributed by atoms with van der Waals surface area (Å²) in [5.41, 5.74) is 1.83. The minimum Gasteiger partial charge on any atom is -0.359 e. The average Bonchev–Trinajstić information content (AvgIpc) is 3.62. The smallest absolute Gasteiger partial charge is 0.246 e. The number of rotatable bonds is 8. The van der Waals surface area contributed by atoms with Gasteiger partial charge in [-0.1, -0.05) is 51.8 Å². The molecule has 4 fully saturated rings. The minimum absolute atomic E-state index is 0.0745. The maximum absolute atomic E-state index is 14.3. The summed E-state index contributed by atoms with van der Waals surface area (Å²) in [6, 6.07) is 5.14. The number of hydrogen-bond donors (Lipinski definition) is 2. The van der Waals surface area contributed by atoms with Crippen LogP contribution in [0.15, 0.2) is 30.4 Å². The Morgan fingerprint density at radius 1 is 1.00 bits per heavy atom. The summed E-state index contributed by atoms with van der Waals surface area (Å²) >= 11 is 0. The van der Waals surface area contributed by atoms with Crippen LogP contribution in [0.3, 0.4) is 0 Å². The zero-order valence-electron chi connectivity index (χ0n) is 26.6. The van der Waals surface area contributed by atoms with Crippen LogP contribution in [-0.2, 0) is 19.1 Å². The summed E-state index contributed by atoms with van der Waals surface area (Å²) in [7, 11) is 0. The zero-order chi connectivity index (χ0) is 30.5. The Labute approximate surface area is 257 Å². The van der Waals surface area contributed by atoms with E-state index in [1.807, 2.05) is 44.2 Å². The minimum atomic E-state index is -1.12. The SMILES string of the molecule is Cc1ccc(NC(=O)[C@@H]2[C@@H]3C=C[C@]4(O3)[C@@H]2C(=O)N(CCCN2CCC(C)CC2)[C@H]4C(=O)N[C@@H]2CCC[C@@H](C)[C@@H]2C)cc1C. The topological polar surface area (TPSA) is 91.0 Å². The Kier molecular flexibility index (Phi) is 8.46. The van der Waals surface area contributed by atoms with Crippen molar-refractivity contribution in [1.29, 1.82) is 0 Å². The molecular weight excluding hydrogens is 540 g/mol. The van der Waals surface area contributed by atoms with Crippen LogP contribution in [0.1, 0.15) is 70.4 Å². The molecule has 6 rings (SSSR count). The maximum atomic E-state index is 14.3. The number of aryl methyl sites for hydroxylation is 2. The molecule has 0 radical (unpaired) electrons. The number of amides is 3. The molecule has 4 aliphatic heterocycles. The number of carbonyl (C=O) groups excluding carboxylic acids is 3. The number of anilines is 1. The standard InChI is InChI=1S/C35H50N4O4/c1-21-13-18-38(19-14-21)16-7-17-39-31(33(41)37-27-9-6-8-23(3)25(27)5)35-15-12-28(43-35)29(30(35)34(39)42)32(40)36-26-11-10-22(2)24(4)20-26/h10-12,15,20-21,23,25,27-31H,6-9,13-14,16-19H2,1-5H3,(H,36,40)(H,37,41)/t23-,25+,27-,28+,29-,30+,31+,35+/m1/s1. The summed E-state index contributed by atoms with van der Waals surface area (Å²) in [4.78, 5) is 46.6. The molecular formula is C35H50N4O4. The number of ether oxygens (including phenoxy) is 1. The number of carbonyl (C=O) groups is 3. The van der Waals surface area contributed by atoms with Gasteiger partial charge in [0.15, 0.2) is 0 Å². The highest BCUT2D eigenvalue weighted by Gasteiger charge is 2.72. The second kappa shape index (κ2) is 12.0. The van der Waals surface area contributed by atoms with E-state index in [0.717, 1.165) is 55.9 Å². The molecule has 8 nitrogen and oxygen atoms in total. The van der Waals surface area contributed by atoms with Crippen molar-refractivity contribution in [2.45, 2.75) is 96.9 Å². The van der Waals surface area contributed by atoms with Crippen LogP contribution in [0.5, 0.6) is 0 Å². The molecule has 8 atom stereocenters. The van der Waals surface area contributed by atoms with E-state index in [1.54, 1.807) is 4.90 Å². The predicted molar refractivity (Wildman–Crippen MR) is 167 cm³/mol. The van der Waals surface area contributed by atoms with Gasteiger partial charge in [0, 0.05) is 18.3 Å². The fraction of sp³-hybridized carbons (Fsp3) is 0.686. The van der Waals surface area contributed by atoms with Crippen molar-refractivity contribution in [3.8, 4) is 0 Å². The highest BCUT2D eigenvalue weighted by molar-refractivity contribution is 6.02. The highest BCUT2D eigenvalue weighted by atomic mass is 16.5. The number of likely N-dealkylation sites (tertiary alicyclic amines) is 2. The van der Waals surface area contributed by atoms with Crippen LogP contribution in [0.4, 0.5) is 5.69 Å². The summed E-state index contributed by atoms with van der Waals surface area (Å²) in [6.45, 7) is 14.4. The van der Waals surface area contributed by atoms with Crippen LogP contribution in [0.2, 0.25) is 0 Å². The molecule has 0 unspecified atom stereocenters. The first-order chi connectivity index (χ1) is 20.6. The second-order valence-electron chi connectivity index (χ2n) is 14.3. The van der Waals surface area contributed by atoms with E-state index in [0.29, 0.717) is 24.1 Å². The Hall–Kier alpha value is -2.71. The van der Waals surface area contributed by atoms with Crippen molar-refractivity contribution < 1.29 is 19.1 Å². The molecule has 0 aromatic heterocycles. The van der Waals surface area contributed by atoms with Crippen molar-refractivity contribution in [3.05, 3.63) is 41.5 Å². The van der Waals surface area contributed by atoms with Gasteiger partial charge in [0.2, 0.25) is 17.7 Å². The molecule has 8 heteroatoms. The van der Waals surface area contributed by atoms with Crippen LogP contribution in [0, 0.1) is 43.4 Å². The van der Waals surface area contributed by atoms with E-state index in [4.69, 9.17) is 4.74 Å². The van der Waals surface area contributed by atoms with E-state index >= 15 is 0 Å². The van der Waals surface area contributed by atoms with Gasteiger partial charge in [0.1, 0.15) is 11.6 Å². The lowest BCUT2D eigenvalue weighted by Crippen LogP contribution is -2.58. The number of hydrogen-bond acceptors (Lipinski definition) is 5. The third-order valence-electron chi connectivity index (χ3n) is 11.5. The van der Waals surface area contributed by atoms with Gasteiger partial charge in [0.25, 0.3) is 0 Å². The third-order valence-corrected chi connectivity index (χ3v) is 11.5. The molecule has 1 saturated carbocycles.